The highest BCUT2D eigenvalue weighted by atomic mass is 16.5. The smallest absolute Gasteiger partial charge is 0.167 e. The topological polar surface area (TPSA) is 44.8 Å². The molecule has 0 amide bonds. The van der Waals surface area contributed by atoms with Crippen LogP contribution >= 0.6 is 0 Å². The van der Waals surface area contributed by atoms with Crippen LogP contribution in [0.5, 0.6) is 0 Å². The molecule has 0 aromatic rings. The molecule has 0 bridgehead atoms. The summed E-state index contributed by atoms with van der Waals surface area (Å²) in [7, 11) is 0. The molecule has 4 heteroatoms. The van der Waals surface area contributed by atoms with Gasteiger partial charge in [0.1, 0.15) is 5.60 Å². The van der Waals surface area contributed by atoms with E-state index in [4.69, 9.17) is 14.2 Å². The quantitative estimate of drug-likeness (QED) is 0.769. The van der Waals surface area contributed by atoms with Crippen molar-refractivity contribution in [2.24, 2.45) is 5.92 Å². The summed E-state index contributed by atoms with van der Waals surface area (Å²) < 4.78 is 17.1. The Bertz CT molecular complexity index is 335. The number of hydrogen-bond donors (Lipinski definition) is 0. The molecule has 0 aromatic heterocycles. The highest BCUT2D eigenvalue weighted by Gasteiger charge is 2.47. The second-order valence-corrected chi connectivity index (χ2v) is 6.38. The Balaban J connectivity index is 1.69. The number of carbonyl (C=O) groups excluding carboxylic acids is 1. The van der Waals surface area contributed by atoms with Crippen LogP contribution in [0.2, 0.25) is 0 Å². The molecule has 3 aliphatic rings. The fraction of sp³-hybridized carbons (Fsp3) is 0.933. The van der Waals surface area contributed by atoms with E-state index in [-0.39, 0.29) is 11.5 Å². The zero-order chi connectivity index (χ0) is 13.3. The van der Waals surface area contributed by atoms with Gasteiger partial charge in [-0.25, -0.2) is 0 Å². The first-order chi connectivity index (χ1) is 9.14. The number of carbonyl (C=O) groups is 1. The van der Waals surface area contributed by atoms with E-state index in [1.54, 1.807) is 0 Å². The summed E-state index contributed by atoms with van der Waals surface area (Å²) >= 11 is 0. The molecule has 0 N–H and O–H groups in total. The van der Waals surface area contributed by atoms with Gasteiger partial charge in [0, 0.05) is 32.3 Å². The van der Waals surface area contributed by atoms with Gasteiger partial charge in [-0.1, -0.05) is 0 Å². The standard InChI is InChI=1S/C15H24O4/c1-14(4-2-7-18-14)13(16)12-3-8-19-15(11-12)5-9-17-10-6-15/h12H,2-11H2,1H3. The molecule has 1 spiro atoms. The van der Waals surface area contributed by atoms with Crippen LogP contribution in [0.25, 0.3) is 0 Å². The molecule has 4 nitrogen and oxygen atoms in total. The van der Waals surface area contributed by atoms with Gasteiger partial charge in [0.05, 0.1) is 5.60 Å². The van der Waals surface area contributed by atoms with Crippen molar-refractivity contribution in [3.05, 3.63) is 0 Å². The molecule has 108 valence electrons. The lowest BCUT2D eigenvalue weighted by atomic mass is 9.75. The van der Waals surface area contributed by atoms with Crippen LogP contribution in [0.3, 0.4) is 0 Å². The predicted octanol–water partition coefficient (Wildman–Crippen LogP) is 2.10. The lowest BCUT2D eigenvalue weighted by molar-refractivity contribution is -0.166. The minimum absolute atomic E-state index is 0.105. The van der Waals surface area contributed by atoms with Gasteiger partial charge in [-0.2, -0.15) is 0 Å². The van der Waals surface area contributed by atoms with Gasteiger partial charge in [0.25, 0.3) is 0 Å². The Morgan fingerprint density at radius 2 is 1.84 bits per heavy atom. The summed E-state index contributed by atoms with van der Waals surface area (Å²) in [6.45, 7) is 4.91. The third-order valence-electron chi connectivity index (χ3n) is 5.01. The van der Waals surface area contributed by atoms with Crippen LogP contribution in [0.4, 0.5) is 0 Å². The number of Topliss-reactive ketones (excluding diaryl/α,β-unsaturated/α-hetero) is 1. The van der Waals surface area contributed by atoms with Gasteiger partial charge in [-0.05, 0) is 45.4 Å². The minimum atomic E-state index is -0.533. The highest BCUT2D eigenvalue weighted by Crippen LogP contribution is 2.40. The first-order valence-electron chi connectivity index (χ1n) is 7.54. The Kier molecular flexibility index (Phi) is 3.67. The average molecular weight is 268 g/mol. The maximum Gasteiger partial charge on any atom is 0.167 e. The summed E-state index contributed by atoms with van der Waals surface area (Å²) in [5, 5.41) is 0. The summed E-state index contributed by atoms with van der Waals surface area (Å²) in [6, 6.07) is 0. The van der Waals surface area contributed by atoms with E-state index in [0.29, 0.717) is 12.4 Å². The lowest BCUT2D eigenvalue weighted by Crippen LogP contribution is -2.49. The second kappa shape index (κ2) is 5.15. The first kappa shape index (κ1) is 13.5. The van der Waals surface area contributed by atoms with Crippen LogP contribution < -0.4 is 0 Å². The number of hydrogen-bond acceptors (Lipinski definition) is 4. The van der Waals surface area contributed by atoms with E-state index in [1.807, 2.05) is 6.92 Å². The molecule has 3 fully saturated rings. The van der Waals surface area contributed by atoms with Crippen molar-refractivity contribution >= 4 is 5.78 Å². The molecule has 0 radical (unpaired) electrons. The first-order valence-corrected chi connectivity index (χ1v) is 7.54. The Labute approximate surface area is 114 Å². The molecule has 3 aliphatic heterocycles. The van der Waals surface area contributed by atoms with Crippen LogP contribution in [-0.2, 0) is 19.0 Å². The molecule has 2 atom stereocenters. The summed E-state index contributed by atoms with van der Waals surface area (Å²) in [4.78, 5) is 12.7. The van der Waals surface area contributed by atoms with E-state index in [9.17, 15) is 4.79 Å². The largest absolute Gasteiger partial charge is 0.381 e. The molecule has 0 aromatic carbocycles. The summed E-state index contributed by atoms with van der Waals surface area (Å²) in [6.07, 6.45) is 5.43. The molecule has 3 heterocycles. The number of rotatable bonds is 2. The molecular formula is C15H24O4. The lowest BCUT2D eigenvalue weighted by Gasteiger charge is -2.44. The van der Waals surface area contributed by atoms with Crippen molar-refractivity contribution in [1.82, 2.24) is 0 Å². The highest BCUT2D eigenvalue weighted by molar-refractivity contribution is 5.89. The van der Waals surface area contributed by atoms with E-state index in [0.717, 1.165) is 58.3 Å². The average Bonchev–Trinajstić information content (AvgIpc) is 2.87. The van der Waals surface area contributed by atoms with Crippen molar-refractivity contribution in [2.75, 3.05) is 26.4 Å². The fourth-order valence-corrected chi connectivity index (χ4v) is 3.75. The van der Waals surface area contributed by atoms with E-state index < -0.39 is 5.60 Å². The minimum Gasteiger partial charge on any atom is -0.381 e. The van der Waals surface area contributed by atoms with Crippen LogP contribution in [0, 0.1) is 5.92 Å². The van der Waals surface area contributed by atoms with Crippen LogP contribution in [-0.4, -0.2) is 43.4 Å². The second-order valence-electron chi connectivity index (χ2n) is 6.38. The van der Waals surface area contributed by atoms with Crippen molar-refractivity contribution < 1.29 is 19.0 Å². The monoisotopic (exact) mass is 268 g/mol. The maximum atomic E-state index is 12.7. The van der Waals surface area contributed by atoms with E-state index in [1.165, 1.54) is 0 Å². The Hall–Kier alpha value is -0.450. The fourth-order valence-electron chi connectivity index (χ4n) is 3.75. The number of ketones is 1. The molecule has 3 rings (SSSR count). The molecular weight excluding hydrogens is 244 g/mol. The zero-order valence-electron chi connectivity index (χ0n) is 11.8. The van der Waals surface area contributed by atoms with Gasteiger partial charge >= 0.3 is 0 Å². The third kappa shape index (κ3) is 2.58. The summed E-state index contributed by atoms with van der Waals surface area (Å²) in [5.41, 5.74) is -0.639. The van der Waals surface area contributed by atoms with E-state index in [2.05, 4.69) is 0 Å². The summed E-state index contributed by atoms with van der Waals surface area (Å²) in [5.74, 6) is 0.411. The normalized spacial score (nSPS) is 38.5. The molecule has 3 saturated heterocycles. The van der Waals surface area contributed by atoms with Gasteiger partial charge in [0.2, 0.25) is 0 Å². The maximum absolute atomic E-state index is 12.7. The molecule has 0 saturated carbocycles. The van der Waals surface area contributed by atoms with Crippen molar-refractivity contribution in [3.63, 3.8) is 0 Å². The zero-order valence-corrected chi connectivity index (χ0v) is 11.8. The van der Waals surface area contributed by atoms with Crippen LogP contribution in [0.15, 0.2) is 0 Å². The van der Waals surface area contributed by atoms with Crippen molar-refractivity contribution in [2.45, 2.75) is 56.7 Å². The van der Waals surface area contributed by atoms with Crippen molar-refractivity contribution in [3.8, 4) is 0 Å². The number of ether oxygens (including phenoxy) is 3. The molecule has 0 aliphatic carbocycles. The van der Waals surface area contributed by atoms with Gasteiger partial charge in [-0.3, -0.25) is 4.79 Å². The van der Waals surface area contributed by atoms with E-state index >= 15 is 0 Å². The van der Waals surface area contributed by atoms with Gasteiger partial charge < -0.3 is 14.2 Å². The molecule has 2 unspecified atom stereocenters. The van der Waals surface area contributed by atoms with Gasteiger partial charge in [0.15, 0.2) is 5.78 Å². The predicted molar refractivity (Wildman–Crippen MR) is 70.1 cm³/mol. The van der Waals surface area contributed by atoms with Crippen LogP contribution in [0.1, 0.15) is 45.4 Å². The van der Waals surface area contributed by atoms with Gasteiger partial charge in [-0.15, -0.1) is 0 Å². The third-order valence-corrected chi connectivity index (χ3v) is 5.01. The van der Waals surface area contributed by atoms with Crippen molar-refractivity contribution in [1.29, 1.82) is 0 Å². The molecule has 19 heavy (non-hydrogen) atoms. The Morgan fingerprint density at radius 1 is 1.05 bits per heavy atom. The Morgan fingerprint density at radius 3 is 2.53 bits per heavy atom. The SMILES string of the molecule is CC1(C(=O)C2CCOC3(CCOCC3)C2)CCCO1.